The predicted octanol–water partition coefficient (Wildman–Crippen LogP) is 3.13. The van der Waals surface area contributed by atoms with E-state index < -0.39 is 17.1 Å². The molecule has 0 aliphatic carbocycles. The summed E-state index contributed by atoms with van der Waals surface area (Å²) in [5.74, 6) is -1.43. The maximum atomic E-state index is 13.9. The lowest BCUT2D eigenvalue weighted by molar-refractivity contribution is -0.137. The maximum Gasteiger partial charge on any atom is 0.305 e. The lowest BCUT2D eigenvalue weighted by Crippen LogP contribution is -2.43. The number of thiazole rings is 1. The smallest absolute Gasteiger partial charge is 0.305 e. The number of hydrogen-bond acceptors (Lipinski definition) is 9. The Morgan fingerprint density at radius 3 is 2.55 bits per heavy atom. The Kier molecular flexibility index (Phi) is 7.34. The van der Waals surface area contributed by atoms with Gasteiger partial charge in [-0.25, -0.2) is 4.90 Å². The van der Waals surface area contributed by atoms with E-state index in [4.69, 9.17) is 25.8 Å². The number of thioether (sulfide) groups is 1. The van der Waals surface area contributed by atoms with Gasteiger partial charge in [-0.3, -0.25) is 19.2 Å². The number of ether oxygens (including phenoxy) is 3. The Bertz CT molecular complexity index is 1530. The fraction of sp³-hybridized carbons (Fsp3) is 0.333. The monoisotopic (exact) mass is 601 g/mol. The number of fused-ring (bicyclic) bond motifs is 2. The van der Waals surface area contributed by atoms with Crippen molar-refractivity contribution >= 4 is 58.1 Å². The number of morpholine rings is 1. The van der Waals surface area contributed by atoms with Crippen molar-refractivity contribution in [3.8, 4) is 11.5 Å². The Balaban J connectivity index is 1.32. The lowest BCUT2D eigenvalue weighted by atomic mass is 9.83. The standard InChI is InChI=1S/C27H24ClN3O7S2/c1-36-18-12-14(2-7-17(18)38-13-19(32)30-8-10-37-11-9-30)20-21-23(39-24-22(20)40-27(35)29-24)26(34)31(25(21)33)16-5-3-15(28)4-6-16/h2-7,12,20-21,23H,8-11,13H2,1H3,(H,29,35). The van der Waals surface area contributed by atoms with E-state index in [-0.39, 0.29) is 29.2 Å². The summed E-state index contributed by atoms with van der Waals surface area (Å²) in [7, 11) is 1.49. The highest BCUT2D eigenvalue weighted by molar-refractivity contribution is 8.00. The maximum absolute atomic E-state index is 13.9. The first-order valence-electron chi connectivity index (χ1n) is 12.5. The van der Waals surface area contributed by atoms with Crippen molar-refractivity contribution in [2.45, 2.75) is 16.2 Å². The first-order chi connectivity index (χ1) is 19.4. The summed E-state index contributed by atoms with van der Waals surface area (Å²) in [5.41, 5.74) is 1.13. The molecule has 4 heterocycles. The summed E-state index contributed by atoms with van der Waals surface area (Å²) in [6.45, 7) is 1.86. The summed E-state index contributed by atoms with van der Waals surface area (Å²) in [6.07, 6.45) is 0. The van der Waals surface area contributed by atoms with E-state index in [1.165, 1.54) is 23.8 Å². The molecule has 3 amide bonds. The third-order valence-electron chi connectivity index (χ3n) is 7.17. The molecule has 13 heteroatoms. The van der Waals surface area contributed by atoms with Crippen LogP contribution in [0, 0.1) is 5.92 Å². The van der Waals surface area contributed by atoms with Crippen molar-refractivity contribution in [3.05, 3.63) is 67.6 Å². The second-order valence-corrected chi connectivity index (χ2v) is 12.0. The fourth-order valence-electron chi connectivity index (χ4n) is 5.26. The summed E-state index contributed by atoms with van der Waals surface area (Å²) in [6, 6.07) is 11.7. The van der Waals surface area contributed by atoms with Crippen LogP contribution in [0.15, 0.2) is 52.3 Å². The number of rotatable bonds is 6. The molecular formula is C27H24ClN3O7S2. The van der Waals surface area contributed by atoms with Crippen LogP contribution in [-0.2, 0) is 19.1 Å². The summed E-state index contributed by atoms with van der Waals surface area (Å²) in [4.78, 5) is 58.5. The van der Waals surface area contributed by atoms with Crippen molar-refractivity contribution in [3.63, 3.8) is 0 Å². The molecule has 1 N–H and O–H groups in total. The number of halogens is 1. The Labute approximate surface area is 242 Å². The van der Waals surface area contributed by atoms with Crippen LogP contribution in [0.1, 0.15) is 16.4 Å². The minimum atomic E-state index is -0.744. The molecule has 2 saturated heterocycles. The van der Waals surface area contributed by atoms with Gasteiger partial charge in [0.05, 0.1) is 37.0 Å². The molecule has 6 rings (SSSR count). The number of benzene rings is 2. The molecule has 2 fully saturated rings. The van der Waals surface area contributed by atoms with Crippen LogP contribution >= 0.6 is 34.7 Å². The second-order valence-electron chi connectivity index (χ2n) is 9.43. The number of carbonyl (C=O) groups excluding carboxylic acids is 3. The lowest BCUT2D eigenvalue weighted by Gasteiger charge is -2.30. The Morgan fingerprint density at radius 1 is 1.07 bits per heavy atom. The van der Waals surface area contributed by atoms with Crippen LogP contribution in [0.3, 0.4) is 0 Å². The topological polar surface area (TPSA) is 118 Å². The number of nitrogens with one attached hydrogen (secondary N) is 1. The predicted molar refractivity (Wildman–Crippen MR) is 150 cm³/mol. The second kappa shape index (κ2) is 10.9. The molecule has 0 radical (unpaired) electrons. The van der Waals surface area contributed by atoms with Crippen LogP contribution in [-0.4, -0.2) is 72.9 Å². The number of hydrogen-bond donors (Lipinski definition) is 1. The highest BCUT2D eigenvalue weighted by Gasteiger charge is 2.56. The van der Waals surface area contributed by atoms with Gasteiger partial charge >= 0.3 is 4.87 Å². The number of aromatic nitrogens is 1. The minimum absolute atomic E-state index is 0.152. The number of H-pyrrole nitrogens is 1. The number of methoxy groups -OCH3 is 1. The van der Waals surface area contributed by atoms with Gasteiger partial charge in [-0.05, 0) is 42.0 Å². The van der Waals surface area contributed by atoms with Crippen molar-refractivity contribution in [2.75, 3.05) is 44.9 Å². The van der Waals surface area contributed by atoms with Gasteiger partial charge in [0.15, 0.2) is 18.1 Å². The third kappa shape index (κ3) is 4.78. The van der Waals surface area contributed by atoms with Gasteiger partial charge in [-0.15, -0.1) is 0 Å². The zero-order valence-corrected chi connectivity index (χ0v) is 23.6. The Morgan fingerprint density at radius 2 is 1.82 bits per heavy atom. The summed E-state index contributed by atoms with van der Waals surface area (Å²) < 4.78 is 16.7. The van der Waals surface area contributed by atoms with E-state index >= 15 is 0 Å². The molecule has 3 aliphatic rings. The molecule has 208 valence electrons. The number of nitrogens with zero attached hydrogens (tertiary/aromatic N) is 2. The zero-order chi connectivity index (χ0) is 28.0. The highest BCUT2D eigenvalue weighted by Crippen LogP contribution is 2.53. The largest absolute Gasteiger partial charge is 0.493 e. The van der Waals surface area contributed by atoms with Gasteiger partial charge in [0.1, 0.15) is 5.25 Å². The van der Waals surface area contributed by atoms with E-state index in [0.29, 0.717) is 64.0 Å². The van der Waals surface area contributed by atoms with Crippen molar-refractivity contribution in [1.82, 2.24) is 9.88 Å². The van der Waals surface area contributed by atoms with Crippen LogP contribution in [0.25, 0.3) is 0 Å². The molecule has 40 heavy (non-hydrogen) atoms. The van der Waals surface area contributed by atoms with E-state index in [0.717, 1.165) is 11.3 Å². The molecular weight excluding hydrogens is 578 g/mol. The van der Waals surface area contributed by atoms with Crippen LogP contribution < -0.4 is 19.2 Å². The average molecular weight is 602 g/mol. The number of anilines is 1. The van der Waals surface area contributed by atoms with Gasteiger partial charge in [0.2, 0.25) is 11.8 Å². The normalized spacial score (nSPS) is 22.2. The molecule has 0 spiro atoms. The molecule has 3 atom stereocenters. The first kappa shape index (κ1) is 26.9. The van der Waals surface area contributed by atoms with Gasteiger partial charge < -0.3 is 24.1 Å². The van der Waals surface area contributed by atoms with E-state index in [1.807, 2.05) is 0 Å². The molecule has 0 saturated carbocycles. The molecule has 1 aromatic heterocycles. The number of carbonyl (C=O) groups is 3. The molecule has 0 bridgehead atoms. The molecule has 3 aliphatic heterocycles. The van der Waals surface area contributed by atoms with Gasteiger partial charge in [0, 0.05) is 28.9 Å². The summed E-state index contributed by atoms with van der Waals surface area (Å²) >= 11 is 8.26. The van der Waals surface area contributed by atoms with Gasteiger partial charge in [0.25, 0.3) is 5.91 Å². The fourth-order valence-corrected chi connectivity index (χ4v) is 7.90. The molecule has 3 unspecified atom stereocenters. The highest BCUT2D eigenvalue weighted by atomic mass is 35.5. The van der Waals surface area contributed by atoms with Crippen molar-refractivity contribution in [2.24, 2.45) is 5.92 Å². The van der Waals surface area contributed by atoms with Crippen molar-refractivity contribution < 1.29 is 28.6 Å². The molecule has 3 aromatic rings. The van der Waals surface area contributed by atoms with Crippen molar-refractivity contribution in [1.29, 1.82) is 0 Å². The number of imide groups is 1. The zero-order valence-electron chi connectivity index (χ0n) is 21.3. The number of aromatic amines is 1. The van der Waals surface area contributed by atoms with Crippen LogP contribution in [0.4, 0.5) is 5.69 Å². The van der Waals surface area contributed by atoms with Crippen LogP contribution in [0.2, 0.25) is 5.02 Å². The average Bonchev–Trinajstić information content (AvgIpc) is 3.46. The molecule has 10 nitrogen and oxygen atoms in total. The minimum Gasteiger partial charge on any atom is -0.493 e. The van der Waals surface area contributed by atoms with E-state index in [1.54, 1.807) is 47.4 Å². The van der Waals surface area contributed by atoms with E-state index in [9.17, 15) is 19.2 Å². The van der Waals surface area contributed by atoms with Gasteiger partial charge in [-0.1, -0.05) is 40.8 Å². The number of amides is 3. The quantitative estimate of drug-likeness (QED) is 0.428. The SMILES string of the molecule is COc1cc(C2c3sc(=O)[nH]c3SC3C(=O)N(c4ccc(Cl)cc4)C(=O)C32)ccc1OCC(=O)N1CCOCC1. The first-order valence-corrected chi connectivity index (χ1v) is 14.6. The molecule has 2 aromatic carbocycles. The third-order valence-corrected chi connectivity index (χ3v) is 9.82. The Hall–Kier alpha value is -3.32. The summed E-state index contributed by atoms with van der Waals surface area (Å²) in [5, 5.41) is 0.350. The van der Waals surface area contributed by atoms with E-state index in [2.05, 4.69) is 4.98 Å². The van der Waals surface area contributed by atoms with Gasteiger partial charge in [-0.2, -0.15) is 0 Å². The van der Waals surface area contributed by atoms with Crippen LogP contribution in [0.5, 0.6) is 11.5 Å².